The molecule has 0 saturated heterocycles. The normalized spacial score (nSPS) is 8.93. The molecule has 0 aliphatic heterocycles. The number of aryl methyl sites for hydroxylation is 1. The standard InChI is InChI=1S/C13H14O2/c1-3-5-10-13(14)15-12-9-7-6-8-11(12)4-2/h6-9H,3-4H2,1-2H3. The summed E-state index contributed by atoms with van der Waals surface area (Å²) in [5.41, 5.74) is 1.02. The van der Waals surface area contributed by atoms with E-state index in [1.807, 2.05) is 32.0 Å². The van der Waals surface area contributed by atoms with Crippen LogP contribution in [0, 0.1) is 11.8 Å². The fourth-order valence-electron chi connectivity index (χ4n) is 1.18. The third-order valence-corrected chi connectivity index (χ3v) is 1.92. The molecule has 0 radical (unpaired) electrons. The van der Waals surface area contributed by atoms with Crippen molar-refractivity contribution in [1.82, 2.24) is 0 Å². The van der Waals surface area contributed by atoms with Gasteiger partial charge < -0.3 is 4.74 Å². The van der Waals surface area contributed by atoms with Gasteiger partial charge in [-0.1, -0.05) is 38.0 Å². The van der Waals surface area contributed by atoms with Gasteiger partial charge in [0.05, 0.1) is 0 Å². The lowest BCUT2D eigenvalue weighted by Gasteiger charge is -2.05. The van der Waals surface area contributed by atoms with Crippen LogP contribution in [0.25, 0.3) is 0 Å². The van der Waals surface area contributed by atoms with E-state index >= 15 is 0 Å². The molecule has 0 aliphatic rings. The molecular weight excluding hydrogens is 188 g/mol. The number of hydrogen-bond acceptors (Lipinski definition) is 2. The highest BCUT2D eigenvalue weighted by Crippen LogP contribution is 2.18. The number of para-hydroxylation sites is 1. The second-order valence-electron chi connectivity index (χ2n) is 3.01. The van der Waals surface area contributed by atoms with Crippen molar-refractivity contribution >= 4 is 5.97 Å². The van der Waals surface area contributed by atoms with Crippen LogP contribution in [0.2, 0.25) is 0 Å². The largest absolute Gasteiger partial charge is 0.417 e. The lowest BCUT2D eigenvalue weighted by molar-refractivity contribution is -0.128. The Balaban J connectivity index is 2.76. The van der Waals surface area contributed by atoms with Crippen LogP contribution >= 0.6 is 0 Å². The molecule has 15 heavy (non-hydrogen) atoms. The Morgan fingerprint density at radius 1 is 1.33 bits per heavy atom. The highest BCUT2D eigenvalue weighted by atomic mass is 16.5. The maximum Gasteiger partial charge on any atom is 0.389 e. The first-order valence-corrected chi connectivity index (χ1v) is 5.06. The van der Waals surface area contributed by atoms with Gasteiger partial charge in [0.25, 0.3) is 0 Å². The molecule has 0 aromatic heterocycles. The minimum absolute atomic E-state index is 0.488. The van der Waals surface area contributed by atoms with E-state index in [-0.39, 0.29) is 0 Å². The Labute approximate surface area is 90.3 Å². The number of rotatable bonds is 2. The van der Waals surface area contributed by atoms with E-state index in [2.05, 4.69) is 11.8 Å². The second-order valence-corrected chi connectivity index (χ2v) is 3.01. The van der Waals surface area contributed by atoms with Crippen molar-refractivity contribution in [3.8, 4) is 17.6 Å². The van der Waals surface area contributed by atoms with Gasteiger partial charge in [0.1, 0.15) is 5.75 Å². The van der Waals surface area contributed by atoms with Crippen LogP contribution < -0.4 is 4.74 Å². The fourth-order valence-corrected chi connectivity index (χ4v) is 1.18. The predicted octanol–water partition coefficient (Wildman–Crippen LogP) is 2.57. The summed E-state index contributed by atoms with van der Waals surface area (Å²) in [4.78, 5) is 11.2. The zero-order chi connectivity index (χ0) is 11.1. The first kappa shape index (κ1) is 11.3. The highest BCUT2D eigenvalue weighted by molar-refractivity contribution is 5.90. The minimum atomic E-state index is -0.488. The molecule has 0 atom stereocenters. The molecule has 0 unspecified atom stereocenters. The van der Waals surface area contributed by atoms with Crippen molar-refractivity contribution in [2.24, 2.45) is 0 Å². The highest BCUT2D eigenvalue weighted by Gasteiger charge is 2.04. The molecule has 1 aromatic rings. The molecule has 0 N–H and O–H groups in total. The molecule has 0 amide bonds. The SMILES string of the molecule is CCC#CC(=O)Oc1ccccc1CC. The molecule has 1 rings (SSSR count). The van der Waals surface area contributed by atoms with E-state index in [9.17, 15) is 4.79 Å². The summed E-state index contributed by atoms with van der Waals surface area (Å²) in [6.45, 7) is 3.91. The van der Waals surface area contributed by atoms with Gasteiger partial charge in [-0.2, -0.15) is 0 Å². The van der Waals surface area contributed by atoms with E-state index in [1.165, 1.54) is 0 Å². The van der Waals surface area contributed by atoms with E-state index in [1.54, 1.807) is 6.07 Å². The van der Waals surface area contributed by atoms with Crippen molar-refractivity contribution in [2.75, 3.05) is 0 Å². The van der Waals surface area contributed by atoms with Crippen LogP contribution in [0.5, 0.6) is 5.75 Å². The Kier molecular flexibility index (Phi) is 4.43. The van der Waals surface area contributed by atoms with E-state index in [0.29, 0.717) is 12.2 Å². The van der Waals surface area contributed by atoms with Crippen LogP contribution in [0.4, 0.5) is 0 Å². The van der Waals surface area contributed by atoms with Crippen molar-refractivity contribution in [2.45, 2.75) is 26.7 Å². The number of benzene rings is 1. The first-order chi connectivity index (χ1) is 7.27. The van der Waals surface area contributed by atoms with Crippen molar-refractivity contribution < 1.29 is 9.53 Å². The molecule has 0 fully saturated rings. The Morgan fingerprint density at radius 2 is 2.07 bits per heavy atom. The van der Waals surface area contributed by atoms with Crippen LogP contribution in [-0.4, -0.2) is 5.97 Å². The smallest absolute Gasteiger partial charge is 0.389 e. The van der Waals surface area contributed by atoms with E-state index in [4.69, 9.17) is 4.74 Å². The maximum absolute atomic E-state index is 11.2. The van der Waals surface area contributed by atoms with Gasteiger partial charge in [-0.3, -0.25) is 0 Å². The summed E-state index contributed by atoms with van der Waals surface area (Å²) >= 11 is 0. The lowest BCUT2D eigenvalue weighted by atomic mass is 10.1. The fraction of sp³-hybridized carbons (Fsp3) is 0.308. The number of carbonyl (C=O) groups excluding carboxylic acids is 1. The van der Waals surface area contributed by atoms with Crippen molar-refractivity contribution in [3.05, 3.63) is 29.8 Å². The van der Waals surface area contributed by atoms with Crippen LogP contribution in [0.15, 0.2) is 24.3 Å². The van der Waals surface area contributed by atoms with Crippen molar-refractivity contribution in [3.63, 3.8) is 0 Å². The van der Waals surface area contributed by atoms with Gasteiger partial charge >= 0.3 is 5.97 Å². The minimum Gasteiger partial charge on any atom is -0.417 e. The Morgan fingerprint density at radius 3 is 2.73 bits per heavy atom. The van der Waals surface area contributed by atoms with Crippen LogP contribution in [0.3, 0.4) is 0 Å². The average molecular weight is 202 g/mol. The summed E-state index contributed by atoms with van der Waals surface area (Å²) in [6.07, 6.45) is 1.50. The zero-order valence-corrected chi connectivity index (χ0v) is 9.04. The number of hydrogen-bond donors (Lipinski definition) is 0. The van der Waals surface area contributed by atoms with Crippen molar-refractivity contribution in [1.29, 1.82) is 0 Å². The number of ether oxygens (including phenoxy) is 1. The first-order valence-electron chi connectivity index (χ1n) is 5.06. The molecule has 0 heterocycles. The summed E-state index contributed by atoms with van der Waals surface area (Å²) in [7, 11) is 0. The number of esters is 1. The lowest BCUT2D eigenvalue weighted by Crippen LogP contribution is -2.06. The molecule has 1 aromatic carbocycles. The van der Waals surface area contributed by atoms with Gasteiger partial charge in [-0.05, 0) is 18.1 Å². The third-order valence-electron chi connectivity index (χ3n) is 1.92. The van der Waals surface area contributed by atoms with Crippen LogP contribution in [-0.2, 0) is 11.2 Å². The summed E-state index contributed by atoms with van der Waals surface area (Å²) in [5.74, 6) is 5.22. The van der Waals surface area contributed by atoms with Gasteiger partial charge in [-0.25, -0.2) is 4.79 Å². The molecule has 0 spiro atoms. The molecule has 78 valence electrons. The predicted molar refractivity (Wildman–Crippen MR) is 59.5 cm³/mol. The molecule has 0 bridgehead atoms. The van der Waals surface area contributed by atoms with E-state index < -0.39 is 5.97 Å². The Hall–Kier alpha value is -1.75. The molecule has 0 saturated carbocycles. The molecular formula is C13H14O2. The second kappa shape index (κ2) is 5.87. The monoisotopic (exact) mass is 202 g/mol. The topological polar surface area (TPSA) is 26.3 Å². The van der Waals surface area contributed by atoms with Gasteiger partial charge in [-0.15, -0.1) is 0 Å². The van der Waals surface area contributed by atoms with Gasteiger partial charge in [0.2, 0.25) is 0 Å². The van der Waals surface area contributed by atoms with Gasteiger partial charge in [0.15, 0.2) is 0 Å². The average Bonchev–Trinajstić information content (AvgIpc) is 2.27. The maximum atomic E-state index is 11.2. The molecule has 2 heteroatoms. The summed E-state index contributed by atoms with van der Waals surface area (Å²) in [5, 5.41) is 0. The van der Waals surface area contributed by atoms with Gasteiger partial charge in [0, 0.05) is 12.3 Å². The quantitative estimate of drug-likeness (QED) is 0.319. The third kappa shape index (κ3) is 3.47. The summed E-state index contributed by atoms with van der Waals surface area (Å²) in [6, 6.07) is 7.49. The molecule has 2 nitrogen and oxygen atoms in total. The number of carbonyl (C=O) groups is 1. The van der Waals surface area contributed by atoms with Crippen LogP contribution in [0.1, 0.15) is 25.8 Å². The van der Waals surface area contributed by atoms with E-state index in [0.717, 1.165) is 12.0 Å². The summed E-state index contributed by atoms with van der Waals surface area (Å²) < 4.78 is 5.13. The molecule has 0 aliphatic carbocycles. The Bertz CT molecular complexity index is 396. The zero-order valence-electron chi connectivity index (χ0n) is 9.04.